The van der Waals surface area contributed by atoms with Crippen LogP contribution in [0.4, 0.5) is 0 Å². The van der Waals surface area contributed by atoms with E-state index in [2.05, 4.69) is 4.98 Å². The molecule has 0 aromatic carbocycles. The van der Waals surface area contributed by atoms with Crippen LogP contribution in [0.3, 0.4) is 0 Å². The van der Waals surface area contributed by atoms with E-state index in [1.54, 1.807) is 0 Å². The van der Waals surface area contributed by atoms with Crippen LogP contribution in [0.2, 0.25) is 0 Å². The molecule has 0 amide bonds. The van der Waals surface area contributed by atoms with Gasteiger partial charge in [0.05, 0.1) is 9.07 Å². The molecule has 0 aliphatic heterocycles. The minimum absolute atomic E-state index is 0.174. The van der Waals surface area contributed by atoms with Crippen molar-refractivity contribution in [1.29, 1.82) is 0 Å². The van der Waals surface area contributed by atoms with Crippen molar-refractivity contribution >= 4 is 5.97 Å². The Morgan fingerprint density at radius 3 is 3.22 bits per heavy atom. The molecule has 0 bridgehead atoms. The third kappa shape index (κ3) is 1.56. The number of nitrogens with zero attached hydrogens (tertiary/aromatic N) is 2. The predicted molar refractivity (Wildman–Crippen MR) is 29.9 cm³/mol. The topological polar surface area (TPSA) is 55.1 Å². The van der Waals surface area contributed by atoms with E-state index in [-0.39, 0.29) is 18.9 Å². The van der Waals surface area contributed by atoms with Gasteiger partial charge >= 0.3 is 5.97 Å². The summed E-state index contributed by atoms with van der Waals surface area (Å²) < 4.78 is 15.2. The highest BCUT2D eigenvalue weighted by Crippen LogP contribution is 1.83. The van der Waals surface area contributed by atoms with E-state index < -0.39 is 5.97 Å². The van der Waals surface area contributed by atoms with Crippen LogP contribution in [0.25, 0.3) is 0 Å². The minimum Gasteiger partial charge on any atom is -0.480 e. The number of aromatic nitrogens is 2. The molecule has 9 heavy (non-hydrogen) atoms. The average Bonchev–Trinajstić information content (AvgIpc) is 2.18. The lowest BCUT2D eigenvalue weighted by atomic mass is 10.6. The zero-order valence-electron chi connectivity index (χ0n) is 6.53. The quantitative estimate of drug-likeness (QED) is 0.608. The van der Waals surface area contributed by atoms with E-state index >= 15 is 0 Å². The molecule has 0 atom stereocenters. The van der Waals surface area contributed by atoms with Gasteiger partial charge in [-0.15, -0.1) is 0 Å². The Hall–Kier alpha value is -1.32. The van der Waals surface area contributed by atoms with Crippen molar-refractivity contribution < 1.29 is 12.6 Å². The van der Waals surface area contributed by atoms with Crippen molar-refractivity contribution in [3.8, 4) is 0 Å². The summed E-state index contributed by atoms with van der Waals surface area (Å²) in [6.07, 6.45) is 0.789. The van der Waals surface area contributed by atoms with Gasteiger partial charge in [-0.2, -0.15) is 0 Å². The Morgan fingerprint density at radius 1 is 2.00 bits per heavy atom. The van der Waals surface area contributed by atoms with Crippen LogP contribution in [0, 0.1) is 0 Å². The molecule has 1 aromatic rings. The molecule has 0 saturated heterocycles. The van der Waals surface area contributed by atoms with Crippen molar-refractivity contribution in [2.24, 2.45) is 0 Å². The molecule has 0 spiro atoms. The second kappa shape index (κ2) is 2.30. The Kier molecular flexibility index (Phi) is 0.935. The lowest BCUT2D eigenvalue weighted by molar-refractivity contribution is -0.137. The average molecular weight is 128 g/mol. The molecule has 1 N–H and O–H groups in total. The second-order valence-electron chi connectivity index (χ2n) is 1.49. The first kappa shape index (κ1) is 3.66. The summed E-state index contributed by atoms with van der Waals surface area (Å²) >= 11 is 0. The minimum atomic E-state index is -1.05. The first-order valence-electron chi connectivity index (χ1n) is 3.31. The van der Waals surface area contributed by atoms with Gasteiger partial charge in [0.1, 0.15) is 6.54 Å². The maximum atomic E-state index is 10.1. The zero-order chi connectivity index (χ0) is 8.43. The van der Waals surface area contributed by atoms with E-state index in [0.29, 0.717) is 0 Å². The maximum Gasteiger partial charge on any atom is 0.323 e. The molecule has 0 aliphatic rings. The van der Waals surface area contributed by atoms with Crippen LogP contribution in [0.15, 0.2) is 18.7 Å². The van der Waals surface area contributed by atoms with Gasteiger partial charge in [-0.3, -0.25) is 4.79 Å². The normalized spacial score (nSPS) is 12.4. The highest BCUT2D eigenvalue weighted by molar-refractivity contribution is 5.66. The first-order chi connectivity index (χ1) is 5.11. The summed E-state index contributed by atoms with van der Waals surface area (Å²) in [7, 11) is 0. The van der Waals surface area contributed by atoms with Crippen LogP contribution in [0.1, 0.15) is 2.74 Å². The van der Waals surface area contributed by atoms with E-state index in [1.807, 2.05) is 0 Å². The largest absolute Gasteiger partial charge is 0.480 e. The number of carboxylic acid groups (broad SMARTS) is 1. The van der Waals surface area contributed by atoms with Gasteiger partial charge < -0.3 is 9.67 Å². The Balaban J connectivity index is 2.87. The number of hydrogen-bond donors (Lipinski definition) is 1. The number of hydrogen-bond acceptors (Lipinski definition) is 2. The first-order valence-corrected chi connectivity index (χ1v) is 2.31. The number of carbonyl (C=O) groups is 1. The summed E-state index contributed by atoms with van der Waals surface area (Å²) in [6.45, 7) is -0.315. The fourth-order valence-corrected chi connectivity index (χ4v) is 0.447. The smallest absolute Gasteiger partial charge is 0.323 e. The van der Waals surface area contributed by atoms with Crippen molar-refractivity contribution in [2.75, 3.05) is 0 Å². The van der Waals surface area contributed by atoms with Gasteiger partial charge in [0.2, 0.25) is 0 Å². The van der Waals surface area contributed by atoms with E-state index in [0.717, 1.165) is 4.57 Å². The van der Waals surface area contributed by atoms with Gasteiger partial charge in [-0.25, -0.2) is 4.98 Å². The summed E-state index contributed by atoms with van der Waals surface area (Å²) in [5.74, 6) is -1.05. The number of rotatable bonds is 2. The van der Waals surface area contributed by atoms with Gasteiger partial charge in [-0.1, -0.05) is 0 Å². The van der Waals surface area contributed by atoms with E-state index in [1.165, 1.54) is 6.33 Å². The molecular weight excluding hydrogens is 120 g/mol. The predicted octanol–water partition coefficient (Wildman–Crippen LogP) is -0.0323. The molecule has 1 rings (SSSR count). The van der Waals surface area contributed by atoms with Crippen LogP contribution in [-0.4, -0.2) is 20.6 Å². The van der Waals surface area contributed by atoms with Crippen LogP contribution >= 0.6 is 0 Å². The Bertz CT molecular complexity index is 284. The van der Waals surface area contributed by atoms with Gasteiger partial charge in [0.15, 0.2) is 0 Å². The zero-order valence-corrected chi connectivity index (χ0v) is 4.53. The SMILES string of the molecule is [2H]c1ncn(CC(=O)O)c1[2H]. The number of imidazole rings is 1. The Labute approximate surface area is 54.6 Å². The van der Waals surface area contributed by atoms with E-state index in [9.17, 15) is 4.79 Å². The Morgan fingerprint density at radius 2 is 2.78 bits per heavy atom. The molecule has 4 heteroatoms. The highest BCUT2D eigenvalue weighted by atomic mass is 16.4. The maximum absolute atomic E-state index is 10.1. The lowest BCUT2D eigenvalue weighted by Gasteiger charge is -1.91. The molecule has 1 aromatic heterocycles. The molecule has 48 valence electrons. The third-order valence-electron chi connectivity index (χ3n) is 0.761. The molecule has 0 unspecified atom stereocenters. The third-order valence-corrected chi connectivity index (χ3v) is 0.761. The second-order valence-corrected chi connectivity index (χ2v) is 1.49. The monoisotopic (exact) mass is 128 g/mol. The van der Waals surface area contributed by atoms with Crippen molar-refractivity contribution in [3.63, 3.8) is 0 Å². The molecule has 0 aliphatic carbocycles. The van der Waals surface area contributed by atoms with Gasteiger partial charge in [0, 0.05) is 12.3 Å². The van der Waals surface area contributed by atoms with Gasteiger partial charge in [0.25, 0.3) is 0 Å². The number of carboxylic acids is 1. The molecule has 0 saturated carbocycles. The molecule has 0 radical (unpaired) electrons. The van der Waals surface area contributed by atoms with Crippen molar-refractivity contribution in [1.82, 2.24) is 9.55 Å². The molecular formula is C5H6N2O2. The molecule has 1 heterocycles. The number of aliphatic carboxylic acids is 1. The summed E-state index contributed by atoms with van der Waals surface area (Å²) in [4.78, 5) is 13.6. The molecule has 0 fully saturated rings. The summed E-state index contributed by atoms with van der Waals surface area (Å²) in [6, 6.07) is 0. The van der Waals surface area contributed by atoms with Crippen LogP contribution in [-0.2, 0) is 11.3 Å². The molecule has 4 nitrogen and oxygen atoms in total. The standard InChI is InChI=1S/C5H6N2O2/c8-5(9)3-7-2-1-6-4-7/h1-2,4H,3H2,(H,8,9)/i1D,2D. The van der Waals surface area contributed by atoms with Gasteiger partial charge in [-0.05, 0) is 0 Å². The van der Waals surface area contributed by atoms with Crippen molar-refractivity contribution in [2.45, 2.75) is 6.54 Å². The fraction of sp³-hybridized carbons (Fsp3) is 0.200. The highest BCUT2D eigenvalue weighted by Gasteiger charge is 1.94. The lowest BCUT2D eigenvalue weighted by Crippen LogP contribution is -2.05. The van der Waals surface area contributed by atoms with E-state index in [4.69, 9.17) is 7.85 Å². The van der Waals surface area contributed by atoms with Crippen LogP contribution in [0.5, 0.6) is 0 Å². The fourth-order valence-electron chi connectivity index (χ4n) is 0.447. The van der Waals surface area contributed by atoms with Crippen molar-refractivity contribution in [3.05, 3.63) is 18.7 Å². The van der Waals surface area contributed by atoms with Crippen LogP contribution < -0.4 is 0 Å². The summed E-state index contributed by atoms with van der Waals surface area (Å²) in [5, 5.41) is 8.31. The summed E-state index contributed by atoms with van der Waals surface area (Å²) in [5.41, 5.74) is 0.